The fraction of sp³-hybridized carbons (Fsp3) is 0.818. The Labute approximate surface area is 106 Å². The number of likely N-dealkylation sites (tertiary alicyclic amines) is 1. The lowest BCUT2D eigenvalue weighted by Crippen LogP contribution is -2.50. The Morgan fingerprint density at radius 2 is 2.06 bits per heavy atom. The highest BCUT2D eigenvalue weighted by Crippen LogP contribution is 2.23. The number of urea groups is 1. The maximum absolute atomic E-state index is 12.1. The van der Waals surface area contributed by atoms with Gasteiger partial charge in [0.1, 0.15) is 6.10 Å². The van der Waals surface area contributed by atoms with Crippen LogP contribution in [0.25, 0.3) is 0 Å². The molecule has 0 saturated carbocycles. The molecule has 1 fully saturated rings. The number of amides is 2. The summed E-state index contributed by atoms with van der Waals surface area (Å²) in [5.74, 6) is -1.52. The first-order chi connectivity index (χ1) is 8.24. The van der Waals surface area contributed by atoms with Crippen molar-refractivity contribution in [2.45, 2.75) is 38.5 Å². The molecule has 18 heavy (non-hydrogen) atoms. The second kappa shape index (κ2) is 5.11. The minimum Gasteiger partial charge on any atom is -0.479 e. The van der Waals surface area contributed by atoms with E-state index in [1.54, 1.807) is 4.90 Å². The van der Waals surface area contributed by atoms with Gasteiger partial charge in [0, 0.05) is 12.6 Å². The van der Waals surface area contributed by atoms with Gasteiger partial charge in [-0.3, -0.25) is 0 Å². The number of nitrogens with zero attached hydrogens (tertiary/aromatic N) is 2. The topological polar surface area (TPSA) is 101 Å². The van der Waals surface area contributed by atoms with Gasteiger partial charge in [-0.25, -0.2) is 9.59 Å². The number of rotatable bonds is 3. The number of hydrogen-bond donors (Lipinski definition) is 3. The smallest absolute Gasteiger partial charge is 0.340 e. The predicted octanol–water partition coefficient (Wildman–Crippen LogP) is -0.671. The quantitative estimate of drug-likeness (QED) is 0.624. The van der Waals surface area contributed by atoms with Gasteiger partial charge in [0.25, 0.3) is 0 Å². The molecule has 0 aromatic carbocycles. The monoisotopic (exact) mass is 260 g/mol. The molecule has 1 heterocycles. The minimum atomic E-state index is -2.27. The van der Waals surface area contributed by atoms with Crippen molar-refractivity contribution in [1.82, 2.24) is 9.80 Å². The Balaban J connectivity index is 2.83. The van der Waals surface area contributed by atoms with Crippen LogP contribution in [0.3, 0.4) is 0 Å². The van der Waals surface area contributed by atoms with Gasteiger partial charge < -0.3 is 25.1 Å². The van der Waals surface area contributed by atoms with E-state index in [-0.39, 0.29) is 18.6 Å². The summed E-state index contributed by atoms with van der Waals surface area (Å²) in [6.07, 6.45) is -1.47. The number of β-amino-alcohol motifs (C(OH)–C–C–N with tert-alkyl or cyclic N) is 2. The lowest BCUT2D eigenvalue weighted by atomic mass is 10.0. The summed E-state index contributed by atoms with van der Waals surface area (Å²) in [6.45, 7) is 5.41. The van der Waals surface area contributed by atoms with E-state index < -0.39 is 24.2 Å². The number of aliphatic carboxylic acids is 1. The Morgan fingerprint density at radius 3 is 2.39 bits per heavy atom. The van der Waals surface area contributed by atoms with Crippen LogP contribution >= 0.6 is 0 Å². The Morgan fingerprint density at radius 1 is 1.50 bits per heavy atom. The Hall–Kier alpha value is -1.34. The molecule has 7 heteroatoms. The normalized spacial score (nSPS) is 27.7. The molecule has 104 valence electrons. The number of carbonyl (C=O) groups excluding carboxylic acids is 1. The van der Waals surface area contributed by atoms with Crippen molar-refractivity contribution in [2.75, 3.05) is 19.6 Å². The molecule has 1 rings (SSSR count). The zero-order chi connectivity index (χ0) is 14.1. The number of carbonyl (C=O) groups is 2. The van der Waals surface area contributed by atoms with Gasteiger partial charge in [0.2, 0.25) is 5.60 Å². The summed E-state index contributed by atoms with van der Waals surface area (Å²) in [5.41, 5.74) is -2.27. The van der Waals surface area contributed by atoms with Crippen molar-refractivity contribution in [3.05, 3.63) is 0 Å². The summed E-state index contributed by atoms with van der Waals surface area (Å²) in [7, 11) is 0. The van der Waals surface area contributed by atoms with E-state index in [2.05, 4.69) is 0 Å². The number of carboxylic acid groups (broad SMARTS) is 1. The van der Waals surface area contributed by atoms with Gasteiger partial charge in [-0.15, -0.1) is 0 Å². The third kappa shape index (κ3) is 2.41. The average molecular weight is 260 g/mol. The van der Waals surface area contributed by atoms with Gasteiger partial charge in [-0.05, 0) is 20.8 Å². The van der Waals surface area contributed by atoms with Crippen molar-refractivity contribution < 1.29 is 24.9 Å². The molecule has 2 atom stereocenters. The van der Waals surface area contributed by atoms with E-state index in [1.807, 2.05) is 20.8 Å². The SMILES string of the molecule is CCN(C(=O)N1C[C@H](O)[C@](O)(C(=O)O)C1)C(C)C. The molecular weight excluding hydrogens is 240 g/mol. The maximum Gasteiger partial charge on any atom is 0.340 e. The number of aliphatic hydroxyl groups is 2. The summed E-state index contributed by atoms with van der Waals surface area (Å²) in [4.78, 5) is 25.7. The lowest BCUT2D eigenvalue weighted by Gasteiger charge is -2.30. The van der Waals surface area contributed by atoms with Crippen LogP contribution in [0.15, 0.2) is 0 Å². The number of hydrogen-bond acceptors (Lipinski definition) is 4. The minimum absolute atomic E-state index is 0.0295. The van der Waals surface area contributed by atoms with Crippen LogP contribution < -0.4 is 0 Å². The molecule has 0 bridgehead atoms. The van der Waals surface area contributed by atoms with Crippen molar-refractivity contribution in [1.29, 1.82) is 0 Å². The highest BCUT2D eigenvalue weighted by Gasteiger charge is 2.52. The molecule has 1 saturated heterocycles. The molecule has 7 nitrogen and oxygen atoms in total. The van der Waals surface area contributed by atoms with E-state index >= 15 is 0 Å². The second-order valence-corrected chi connectivity index (χ2v) is 4.79. The van der Waals surface area contributed by atoms with E-state index in [0.29, 0.717) is 6.54 Å². The second-order valence-electron chi connectivity index (χ2n) is 4.79. The maximum atomic E-state index is 12.1. The fourth-order valence-corrected chi connectivity index (χ4v) is 2.08. The molecule has 0 radical (unpaired) electrons. The van der Waals surface area contributed by atoms with Crippen LogP contribution in [0, 0.1) is 0 Å². The molecule has 1 aliphatic rings. The van der Waals surface area contributed by atoms with Crippen molar-refractivity contribution in [2.24, 2.45) is 0 Å². The predicted molar refractivity (Wildman–Crippen MR) is 63.1 cm³/mol. The van der Waals surface area contributed by atoms with Gasteiger partial charge in [-0.1, -0.05) is 0 Å². The number of aliphatic hydroxyl groups excluding tert-OH is 1. The molecule has 0 spiro atoms. The van der Waals surface area contributed by atoms with Crippen molar-refractivity contribution in [3.63, 3.8) is 0 Å². The van der Waals surface area contributed by atoms with Crippen molar-refractivity contribution >= 4 is 12.0 Å². The molecule has 2 amide bonds. The van der Waals surface area contributed by atoms with Gasteiger partial charge >= 0.3 is 12.0 Å². The molecule has 3 N–H and O–H groups in total. The highest BCUT2D eigenvalue weighted by atomic mass is 16.4. The van der Waals surface area contributed by atoms with Crippen LogP contribution in [0.2, 0.25) is 0 Å². The van der Waals surface area contributed by atoms with Crippen LogP contribution in [0.4, 0.5) is 4.79 Å². The van der Waals surface area contributed by atoms with Gasteiger partial charge in [0.05, 0.1) is 13.1 Å². The van der Waals surface area contributed by atoms with E-state index in [9.17, 15) is 19.8 Å². The largest absolute Gasteiger partial charge is 0.479 e. The fourth-order valence-electron chi connectivity index (χ4n) is 2.08. The first kappa shape index (κ1) is 14.7. The third-order valence-electron chi connectivity index (χ3n) is 3.23. The molecular formula is C11H20N2O5. The Kier molecular flexibility index (Phi) is 4.18. The third-order valence-corrected chi connectivity index (χ3v) is 3.23. The van der Waals surface area contributed by atoms with Gasteiger partial charge in [-0.2, -0.15) is 0 Å². The molecule has 0 aromatic rings. The van der Waals surface area contributed by atoms with E-state index in [1.165, 1.54) is 4.90 Å². The summed E-state index contributed by atoms with van der Waals surface area (Å²) >= 11 is 0. The van der Waals surface area contributed by atoms with Gasteiger partial charge in [0.15, 0.2) is 0 Å². The highest BCUT2D eigenvalue weighted by molar-refractivity contribution is 5.82. The van der Waals surface area contributed by atoms with Crippen LogP contribution in [0.1, 0.15) is 20.8 Å². The van der Waals surface area contributed by atoms with E-state index in [4.69, 9.17) is 5.11 Å². The first-order valence-electron chi connectivity index (χ1n) is 5.93. The average Bonchev–Trinajstić information content (AvgIpc) is 2.57. The lowest BCUT2D eigenvalue weighted by molar-refractivity contribution is -0.165. The standard InChI is InChI=1S/C11H20N2O5/c1-4-13(7(2)3)10(17)12-5-8(14)11(18,6-12)9(15)16/h7-8,14,18H,4-6H2,1-3H3,(H,15,16)/t8-,11-/m0/s1. The molecule has 0 aromatic heterocycles. The van der Waals surface area contributed by atoms with E-state index in [0.717, 1.165) is 0 Å². The number of carboxylic acids is 1. The summed E-state index contributed by atoms with van der Waals surface area (Å²) in [6, 6.07) is -0.401. The molecule has 0 aliphatic carbocycles. The summed E-state index contributed by atoms with van der Waals surface area (Å²) in [5, 5.41) is 28.3. The summed E-state index contributed by atoms with van der Waals surface area (Å²) < 4.78 is 0. The zero-order valence-electron chi connectivity index (χ0n) is 10.8. The van der Waals surface area contributed by atoms with Crippen LogP contribution in [-0.2, 0) is 4.79 Å². The van der Waals surface area contributed by atoms with Crippen LogP contribution in [0.5, 0.6) is 0 Å². The van der Waals surface area contributed by atoms with Crippen molar-refractivity contribution in [3.8, 4) is 0 Å². The van der Waals surface area contributed by atoms with Crippen LogP contribution in [-0.4, -0.2) is 74.5 Å². The molecule has 1 aliphatic heterocycles. The zero-order valence-corrected chi connectivity index (χ0v) is 10.8. The first-order valence-corrected chi connectivity index (χ1v) is 5.93. The Bertz CT molecular complexity index is 346. The molecule has 0 unspecified atom stereocenters.